The van der Waals surface area contributed by atoms with Gasteiger partial charge < -0.3 is 10.6 Å². The van der Waals surface area contributed by atoms with Crippen molar-refractivity contribution in [1.29, 1.82) is 0 Å². The summed E-state index contributed by atoms with van der Waals surface area (Å²) < 4.78 is 1.78. The molecule has 0 spiro atoms. The number of fused-ring (bicyclic) bond motifs is 1. The van der Waals surface area contributed by atoms with Gasteiger partial charge in [0.2, 0.25) is 5.91 Å². The Kier molecular flexibility index (Phi) is 4.12. The van der Waals surface area contributed by atoms with Crippen LogP contribution in [0, 0.1) is 5.92 Å². The number of nitrogens with zero attached hydrogens (tertiary/aromatic N) is 3. The third-order valence-electron chi connectivity index (χ3n) is 4.41. The quantitative estimate of drug-likeness (QED) is 0.741. The summed E-state index contributed by atoms with van der Waals surface area (Å²) in [4.78, 5) is 24.4. The Bertz CT molecular complexity index is 991. The first kappa shape index (κ1) is 16.3. The molecule has 1 fully saturated rings. The predicted octanol–water partition coefficient (Wildman–Crippen LogP) is 3.05. The van der Waals surface area contributed by atoms with Gasteiger partial charge in [-0.1, -0.05) is 11.3 Å². The number of hydrogen-bond donors (Lipinski definition) is 2. The summed E-state index contributed by atoms with van der Waals surface area (Å²) in [6.07, 6.45) is 1.90. The molecule has 1 aliphatic carbocycles. The fourth-order valence-corrected chi connectivity index (χ4v) is 2.81. The summed E-state index contributed by atoms with van der Waals surface area (Å²) in [5.74, 6) is -0.0573. The van der Waals surface area contributed by atoms with Crippen LogP contribution in [0.4, 0.5) is 11.4 Å². The Morgan fingerprint density at radius 1 is 1.12 bits per heavy atom. The fraction of sp³-hybridized carbons (Fsp3) is 0.263. The van der Waals surface area contributed by atoms with Crippen molar-refractivity contribution in [3.63, 3.8) is 0 Å². The molecular weight excluding hydrogens is 330 g/mol. The van der Waals surface area contributed by atoms with Gasteiger partial charge in [-0.2, -0.15) is 0 Å². The Hall–Kier alpha value is -3.22. The van der Waals surface area contributed by atoms with Crippen LogP contribution in [-0.4, -0.2) is 26.8 Å². The van der Waals surface area contributed by atoms with Crippen LogP contribution in [0.2, 0.25) is 0 Å². The van der Waals surface area contributed by atoms with Crippen molar-refractivity contribution in [3.05, 3.63) is 48.0 Å². The normalized spacial score (nSPS) is 13.6. The average molecular weight is 349 g/mol. The van der Waals surface area contributed by atoms with Crippen LogP contribution in [0.15, 0.2) is 42.5 Å². The molecule has 0 atom stereocenters. The molecule has 132 valence electrons. The number of rotatable bonds is 5. The van der Waals surface area contributed by atoms with E-state index < -0.39 is 0 Å². The molecule has 3 aromatic rings. The van der Waals surface area contributed by atoms with Crippen LogP contribution in [-0.2, 0) is 11.3 Å². The van der Waals surface area contributed by atoms with Crippen molar-refractivity contribution in [1.82, 2.24) is 15.0 Å². The average Bonchev–Trinajstić information content (AvgIpc) is 3.41. The van der Waals surface area contributed by atoms with Gasteiger partial charge in [0.05, 0.1) is 5.52 Å². The second-order valence-electron chi connectivity index (χ2n) is 6.41. The molecule has 0 radical (unpaired) electrons. The Morgan fingerprint density at radius 3 is 2.62 bits per heavy atom. The first-order chi connectivity index (χ1) is 12.6. The van der Waals surface area contributed by atoms with Crippen molar-refractivity contribution >= 4 is 34.2 Å². The van der Waals surface area contributed by atoms with Gasteiger partial charge in [0, 0.05) is 29.4 Å². The van der Waals surface area contributed by atoms with Gasteiger partial charge in [-0.3, -0.25) is 9.59 Å². The summed E-state index contributed by atoms with van der Waals surface area (Å²) >= 11 is 0. The molecule has 26 heavy (non-hydrogen) atoms. The zero-order chi connectivity index (χ0) is 18.1. The minimum absolute atomic E-state index is 0.0398. The van der Waals surface area contributed by atoms with Crippen LogP contribution < -0.4 is 10.6 Å². The van der Waals surface area contributed by atoms with Gasteiger partial charge in [0.25, 0.3) is 5.91 Å². The van der Waals surface area contributed by atoms with E-state index in [1.807, 2.05) is 19.1 Å². The number of hydrogen-bond acceptors (Lipinski definition) is 4. The van der Waals surface area contributed by atoms with Crippen molar-refractivity contribution in [2.75, 3.05) is 10.6 Å². The van der Waals surface area contributed by atoms with E-state index in [0.29, 0.717) is 22.5 Å². The molecule has 0 aliphatic heterocycles. The highest BCUT2D eigenvalue weighted by Crippen LogP contribution is 2.30. The van der Waals surface area contributed by atoms with Crippen molar-refractivity contribution in [2.24, 2.45) is 5.92 Å². The highest BCUT2D eigenvalue weighted by molar-refractivity contribution is 6.06. The van der Waals surface area contributed by atoms with E-state index in [4.69, 9.17) is 0 Å². The number of amides is 2. The minimum Gasteiger partial charge on any atom is -0.326 e. The molecular formula is C19H19N5O2. The van der Waals surface area contributed by atoms with Crippen LogP contribution in [0.1, 0.15) is 30.1 Å². The first-order valence-corrected chi connectivity index (χ1v) is 8.69. The Morgan fingerprint density at radius 2 is 1.88 bits per heavy atom. The van der Waals surface area contributed by atoms with Gasteiger partial charge in [0.1, 0.15) is 5.52 Å². The molecule has 7 heteroatoms. The lowest BCUT2D eigenvalue weighted by atomic mass is 10.1. The predicted molar refractivity (Wildman–Crippen MR) is 99.0 cm³/mol. The topological polar surface area (TPSA) is 88.9 Å². The number of aromatic nitrogens is 3. The molecule has 2 aromatic carbocycles. The largest absolute Gasteiger partial charge is 0.326 e. The van der Waals surface area contributed by atoms with E-state index in [1.165, 1.54) is 0 Å². The molecule has 0 unspecified atom stereocenters. The summed E-state index contributed by atoms with van der Waals surface area (Å²) in [6, 6.07) is 12.5. The summed E-state index contributed by atoms with van der Waals surface area (Å²) in [5, 5.41) is 13.9. The van der Waals surface area contributed by atoms with E-state index in [-0.39, 0.29) is 17.7 Å². The molecule has 2 amide bonds. The molecule has 1 heterocycles. The zero-order valence-corrected chi connectivity index (χ0v) is 14.4. The van der Waals surface area contributed by atoms with Gasteiger partial charge in [-0.25, -0.2) is 4.68 Å². The lowest BCUT2D eigenvalue weighted by molar-refractivity contribution is -0.117. The molecule has 1 saturated carbocycles. The third kappa shape index (κ3) is 3.28. The highest BCUT2D eigenvalue weighted by atomic mass is 16.2. The van der Waals surface area contributed by atoms with E-state index in [1.54, 1.807) is 35.0 Å². The highest BCUT2D eigenvalue weighted by Gasteiger charge is 2.29. The molecule has 0 saturated heterocycles. The maximum atomic E-state index is 12.5. The smallest absolute Gasteiger partial charge is 0.255 e. The van der Waals surface area contributed by atoms with Gasteiger partial charge >= 0.3 is 0 Å². The van der Waals surface area contributed by atoms with Crippen LogP contribution in [0.5, 0.6) is 0 Å². The molecule has 4 rings (SSSR count). The van der Waals surface area contributed by atoms with Crippen LogP contribution in [0.3, 0.4) is 0 Å². The minimum atomic E-state index is -0.233. The summed E-state index contributed by atoms with van der Waals surface area (Å²) in [6.45, 7) is 2.71. The second kappa shape index (κ2) is 6.59. The van der Waals surface area contributed by atoms with Gasteiger partial charge in [0.15, 0.2) is 0 Å². The molecule has 1 aromatic heterocycles. The van der Waals surface area contributed by atoms with Crippen molar-refractivity contribution in [3.8, 4) is 0 Å². The van der Waals surface area contributed by atoms with E-state index >= 15 is 0 Å². The number of carbonyl (C=O) groups is 2. The fourth-order valence-electron chi connectivity index (χ4n) is 2.81. The number of anilines is 2. The maximum Gasteiger partial charge on any atom is 0.255 e. The molecule has 7 nitrogen and oxygen atoms in total. The maximum absolute atomic E-state index is 12.5. The zero-order valence-electron chi connectivity index (χ0n) is 14.4. The Balaban J connectivity index is 1.49. The number of benzene rings is 2. The van der Waals surface area contributed by atoms with E-state index in [9.17, 15) is 9.59 Å². The van der Waals surface area contributed by atoms with Crippen LogP contribution in [0.25, 0.3) is 11.0 Å². The monoisotopic (exact) mass is 349 g/mol. The van der Waals surface area contributed by atoms with Gasteiger partial charge in [-0.05, 0) is 56.2 Å². The molecule has 0 bridgehead atoms. The van der Waals surface area contributed by atoms with Crippen molar-refractivity contribution in [2.45, 2.75) is 26.3 Å². The second-order valence-corrected chi connectivity index (χ2v) is 6.41. The van der Waals surface area contributed by atoms with Crippen LogP contribution >= 0.6 is 0 Å². The summed E-state index contributed by atoms with van der Waals surface area (Å²) in [5.41, 5.74) is 3.40. The van der Waals surface area contributed by atoms with Crippen molar-refractivity contribution < 1.29 is 9.59 Å². The number of carbonyl (C=O) groups excluding carboxylic acids is 2. The van der Waals surface area contributed by atoms with E-state index in [2.05, 4.69) is 20.9 Å². The Labute approximate surface area is 150 Å². The van der Waals surface area contributed by atoms with E-state index in [0.717, 1.165) is 24.9 Å². The van der Waals surface area contributed by atoms with Gasteiger partial charge in [-0.15, -0.1) is 5.10 Å². The standard InChI is InChI=1S/C19H19N5O2/c1-2-24-17-9-8-13(10-16(17)22-23-24)19(26)21-15-5-3-4-14(11-15)20-18(25)12-6-7-12/h3-5,8-12H,2,6-7H2,1H3,(H,20,25)(H,21,26). The lowest BCUT2D eigenvalue weighted by Crippen LogP contribution is -2.14. The first-order valence-electron chi connectivity index (χ1n) is 8.69. The molecule has 2 N–H and O–H groups in total. The SMILES string of the molecule is CCn1nnc2cc(C(=O)Nc3cccc(NC(=O)C4CC4)c3)ccc21. The summed E-state index contributed by atoms with van der Waals surface area (Å²) in [7, 11) is 0. The lowest BCUT2D eigenvalue weighted by Gasteiger charge is -2.09. The number of aryl methyl sites for hydroxylation is 1. The third-order valence-corrected chi connectivity index (χ3v) is 4.41. The molecule has 1 aliphatic rings. The number of nitrogens with one attached hydrogen (secondary N) is 2.